The van der Waals surface area contributed by atoms with Gasteiger partial charge in [-0.1, -0.05) is 18.2 Å². The molecule has 0 aromatic heterocycles. The standard InChI is InChI=1S/C16H18FNO2/c1-12-5-6-15(17)16(9-12)20-8-7-19-14-4-2-3-13(10-14)11-18/h2-6,9-10H,7-8,11,18H2,1H3. The van der Waals surface area contributed by atoms with Crippen molar-refractivity contribution in [2.45, 2.75) is 13.5 Å². The zero-order chi connectivity index (χ0) is 14.4. The second kappa shape index (κ2) is 6.91. The van der Waals surface area contributed by atoms with E-state index >= 15 is 0 Å². The molecule has 0 saturated heterocycles. The van der Waals surface area contributed by atoms with Crippen molar-refractivity contribution < 1.29 is 13.9 Å². The fraction of sp³-hybridized carbons (Fsp3) is 0.250. The third-order valence-electron chi connectivity index (χ3n) is 2.83. The summed E-state index contributed by atoms with van der Waals surface area (Å²) < 4.78 is 24.3. The van der Waals surface area contributed by atoms with Crippen LogP contribution in [0.3, 0.4) is 0 Å². The highest BCUT2D eigenvalue weighted by molar-refractivity contribution is 5.30. The summed E-state index contributed by atoms with van der Waals surface area (Å²) in [6, 6.07) is 12.3. The molecule has 0 aliphatic rings. The van der Waals surface area contributed by atoms with Crippen LogP contribution in [0.15, 0.2) is 42.5 Å². The molecule has 0 fully saturated rings. The maximum atomic E-state index is 13.4. The summed E-state index contributed by atoms with van der Waals surface area (Å²) in [7, 11) is 0. The highest BCUT2D eigenvalue weighted by atomic mass is 19.1. The van der Waals surface area contributed by atoms with E-state index < -0.39 is 0 Å². The van der Waals surface area contributed by atoms with Gasteiger partial charge in [-0.3, -0.25) is 0 Å². The molecule has 0 aliphatic heterocycles. The molecule has 0 saturated carbocycles. The topological polar surface area (TPSA) is 44.5 Å². The van der Waals surface area contributed by atoms with E-state index in [0.717, 1.165) is 16.9 Å². The van der Waals surface area contributed by atoms with Crippen LogP contribution in [0.5, 0.6) is 11.5 Å². The summed E-state index contributed by atoms with van der Waals surface area (Å²) in [4.78, 5) is 0. The van der Waals surface area contributed by atoms with Gasteiger partial charge in [0.25, 0.3) is 0 Å². The monoisotopic (exact) mass is 275 g/mol. The molecule has 0 radical (unpaired) electrons. The SMILES string of the molecule is Cc1ccc(F)c(OCCOc2cccc(CN)c2)c1. The Morgan fingerprint density at radius 2 is 1.85 bits per heavy atom. The van der Waals surface area contributed by atoms with E-state index in [2.05, 4.69) is 0 Å². The lowest BCUT2D eigenvalue weighted by atomic mass is 10.2. The first-order valence-electron chi connectivity index (χ1n) is 6.50. The molecule has 2 aromatic rings. The number of aryl methyl sites for hydroxylation is 1. The van der Waals surface area contributed by atoms with Gasteiger partial charge >= 0.3 is 0 Å². The Balaban J connectivity index is 1.82. The zero-order valence-electron chi connectivity index (χ0n) is 11.4. The molecule has 3 nitrogen and oxygen atoms in total. The fourth-order valence-electron chi connectivity index (χ4n) is 1.79. The van der Waals surface area contributed by atoms with E-state index in [0.29, 0.717) is 13.2 Å². The summed E-state index contributed by atoms with van der Waals surface area (Å²) in [5.74, 6) is 0.631. The molecular formula is C16H18FNO2. The van der Waals surface area contributed by atoms with Gasteiger partial charge in [-0.2, -0.15) is 0 Å². The van der Waals surface area contributed by atoms with Gasteiger partial charge < -0.3 is 15.2 Å². The molecule has 106 valence electrons. The molecule has 20 heavy (non-hydrogen) atoms. The van der Waals surface area contributed by atoms with Crippen molar-refractivity contribution in [3.63, 3.8) is 0 Å². The minimum atomic E-state index is -0.360. The second-order valence-electron chi connectivity index (χ2n) is 4.48. The summed E-state index contributed by atoms with van der Waals surface area (Å²) in [6.07, 6.45) is 0. The number of nitrogens with two attached hydrogens (primary N) is 1. The Morgan fingerprint density at radius 3 is 2.65 bits per heavy atom. The summed E-state index contributed by atoms with van der Waals surface area (Å²) >= 11 is 0. The Hall–Kier alpha value is -2.07. The average molecular weight is 275 g/mol. The smallest absolute Gasteiger partial charge is 0.165 e. The summed E-state index contributed by atoms with van der Waals surface area (Å²) in [5, 5.41) is 0. The molecule has 0 unspecified atom stereocenters. The van der Waals surface area contributed by atoms with Gasteiger partial charge in [0.05, 0.1) is 0 Å². The van der Waals surface area contributed by atoms with Crippen LogP contribution < -0.4 is 15.2 Å². The first-order valence-corrected chi connectivity index (χ1v) is 6.50. The number of ether oxygens (including phenoxy) is 2. The van der Waals surface area contributed by atoms with E-state index in [-0.39, 0.29) is 18.2 Å². The van der Waals surface area contributed by atoms with Crippen molar-refractivity contribution >= 4 is 0 Å². The summed E-state index contributed by atoms with van der Waals surface area (Å²) in [6.45, 7) is 3.00. The Bertz CT molecular complexity index is 572. The fourth-order valence-corrected chi connectivity index (χ4v) is 1.79. The van der Waals surface area contributed by atoms with Crippen molar-refractivity contribution in [1.29, 1.82) is 0 Å². The highest BCUT2D eigenvalue weighted by Crippen LogP contribution is 2.18. The van der Waals surface area contributed by atoms with Gasteiger partial charge in [-0.05, 0) is 42.3 Å². The van der Waals surface area contributed by atoms with Crippen molar-refractivity contribution in [2.75, 3.05) is 13.2 Å². The minimum absolute atomic E-state index is 0.254. The highest BCUT2D eigenvalue weighted by Gasteiger charge is 2.03. The first-order chi connectivity index (χ1) is 9.69. The first kappa shape index (κ1) is 14.3. The Kier molecular flexibility index (Phi) is 4.96. The Labute approximate surface area is 118 Å². The van der Waals surface area contributed by atoms with Crippen molar-refractivity contribution in [3.8, 4) is 11.5 Å². The maximum Gasteiger partial charge on any atom is 0.165 e. The number of rotatable bonds is 6. The molecule has 0 amide bonds. The Morgan fingerprint density at radius 1 is 1.05 bits per heavy atom. The quantitative estimate of drug-likeness (QED) is 0.824. The van der Waals surface area contributed by atoms with E-state index in [1.807, 2.05) is 31.2 Å². The maximum absolute atomic E-state index is 13.4. The van der Waals surface area contributed by atoms with E-state index in [4.69, 9.17) is 15.2 Å². The van der Waals surface area contributed by atoms with E-state index in [1.165, 1.54) is 6.07 Å². The average Bonchev–Trinajstić information content (AvgIpc) is 2.47. The second-order valence-corrected chi connectivity index (χ2v) is 4.48. The molecule has 4 heteroatoms. The lowest BCUT2D eigenvalue weighted by Gasteiger charge is -2.10. The minimum Gasteiger partial charge on any atom is -0.490 e. The van der Waals surface area contributed by atoms with Crippen LogP contribution in [0.4, 0.5) is 4.39 Å². The van der Waals surface area contributed by atoms with Crippen LogP contribution in [-0.2, 0) is 6.54 Å². The van der Waals surface area contributed by atoms with Crippen LogP contribution in [0.1, 0.15) is 11.1 Å². The molecule has 0 aliphatic carbocycles. The number of benzene rings is 2. The van der Waals surface area contributed by atoms with Gasteiger partial charge in [0.1, 0.15) is 19.0 Å². The lowest BCUT2D eigenvalue weighted by Crippen LogP contribution is -2.10. The number of halogens is 1. The molecule has 2 rings (SSSR count). The van der Waals surface area contributed by atoms with Gasteiger partial charge in [-0.15, -0.1) is 0 Å². The van der Waals surface area contributed by atoms with Crippen LogP contribution in [0.25, 0.3) is 0 Å². The van der Waals surface area contributed by atoms with Crippen LogP contribution in [0.2, 0.25) is 0 Å². The predicted molar refractivity (Wildman–Crippen MR) is 76.5 cm³/mol. The van der Waals surface area contributed by atoms with Crippen LogP contribution >= 0.6 is 0 Å². The van der Waals surface area contributed by atoms with Crippen LogP contribution in [0, 0.1) is 12.7 Å². The molecule has 0 bridgehead atoms. The van der Waals surface area contributed by atoms with Gasteiger partial charge in [0, 0.05) is 6.54 Å². The van der Waals surface area contributed by atoms with Crippen molar-refractivity contribution in [1.82, 2.24) is 0 Å². The summed E-state index contributed by atoms with van der Waals surface area (Å²) in [5.41, 5.74) is 7.52. The number of hydrogen-bond acceptors (Lipinski definition) is 3. The van der Waals surface area contributed by atoms with Crippen LogP contribution in [-0.4, -0.2) is 13.2 Å². The van der Waals surface area contributed by atoms with E-state index in [1.54, 1.807) is 12.1 Å². The largest absolute Gasteiger partial charge is 0.490 e. The molecule has 2 N–H and O–H groups in total. The van der Waals surface area contributed by atoms with Gasteiger partial charge in [-0.25, -0.2) is 4.39 Å². The molecular weight excluding hydrogens is 257 g/mol. The zero-order valence-corrected chi connectivity index (χ0v) is 11.4. The van der Waals surface area contributed by atoms with Crippen molar-refractivity contribution in [2.24, 2.45) is 5.73 Å². The molecule has 0 spiro atoms. The molecule has 0 heterocycles. The van der Waals surface area contributed by atoms with E-state index in [9.17, 15) is 4.39 Å². The molecule has 2 aromatic carbocycles. The third kappa shape index (κ3) is 3.96. The normalized spacial score (nSPS) is 10.3. The molecule has 0 atom stereocenters. The van der Waals surface area contributed by atoms with Crippen molar-refractivity contribution in [3.05, 3.63) is 59.4 Å². The predicted octanol–water partition coefficient (Wildman–Crippen LogP) is 3.05. The lowest BCUT2D eigenvalue weighted by molar-refractivity contribution is 0.211. The van der Waals surface area contributed by atoms with Gasteiger partial charge in [0.2, 0.25) is 0 Å². The van der Waals surface area contributed by atoms with Gasteiger partial charge in [0.15, 0.2) is 11.6 Å². The third-order valence-corrected chi connectivity index (χ3v) is 2.83. The number of hydrogen-bond donors (Lipinski definition) is 1.